The molecule has 1 amide bonds. The number of aromatic amines is 1. The molecule has 0 saturated carbocycles. The summed E-state index contributed by atoms with van der Waals surface area (Å²) < 4.78 is 19.5. The smallest absolute Gasteiger partial charge is 0.412 e. The summed E-state index contributed by atoms with van der Waals surface area (Å²) in [7, 11) is -2.20. The number of aromatic nitrogens is 1. The number of carbonyl (C=O) groups is 1. The van der Waals surface area contributed by atoms with Crippen LogP contribution >= 0.6 is 0 Å². The lowest BCUT2D eigenvalue weighted by Crippen LogP contribution is -2.58. The minimum Gasteiger partial charge on any atom is -0.493 e. The normalized spacial score (nSPS) is 17.7. The van der Waals surface area contributed by atoms with E-state index in [1.807, 2.05) is 84.9 Å². The van der Waals surface area contributed by atoms with E-state index in [4.69, 9.17) is 13.9 Å². The van der Waals surface area contributed by atoms with Crippen molar-refractivity contribution >= 4 is 37.1 Å². The molecule has 3 fully saturated rings. The van der Waals surface area contributed by atoms with Gasteiger partial charge in [-0.05, 0) is 134 Å². The average molecular weight is 919 g/mol. The Balaban J connectivity index is 0.868. The molecule has 3 N–H and O–H groups in total. The molecule has 2 bridgehead atoms. The fourth-order valence-corrected chi connectivity index (χ4v) is 10.5. The Morgan fingerprint density at radius 3 is 2.31 bits per heavy atom. The Hall–Kier alpha value is -5.98. The zero-order valence-corrected chi connectivity index (χ0v) is 40.7. The van der Waals surface area contributed by atoms with Gasteiger partial charge in [0.15, 0.2) is 8.32 Å². The number of rotatable bonds is 19. The van der Waals surface area contributed by atoms with Crippen LogP contribution in [0, 0.1) is 5.92 Å². The predicted octanol–water partition coefficient (Wildman–Crippen LogP) is 11.7. The van der Waals surface area contributed by atoms with Crippen LogP contribution < -0.4 is 25.2 Å². The molecule has 5 aromatic carbocycles. The predicted molar refractivity (Wildman–Crippen MR) is 274 cm³/mol. The number of fused-ring (bicyclic) bond motifs is 4. The molecule has 3 aliphatic heterocycles. The number of anilines is 1. The van der Waals surface area contributed by atoms with Crippen LogP contribution in [0.3, 0.4) is 0 Å². The summed E-state index contributed by atoms with van der Waals surface area (Å²) >= 11 is 0. The van der Waals surface area contributed by atoms with Crippen LogP contribution in [0.5, 0.6) is 11.5 Å². The highest BCUT2D eigenvalue weighted by atomic mass is 28.4. The maximum atomic E-state index is 12.9. The first-order chi connectivity index (χ1) is 32.3. The van der Waals surface area contributed by atoms with E-state index in [1.54, 1.807) is 11.0 Å². The van der Waals surface area contributed by atoms with Gasteiger partial charge in [0.1, 0.15) is 18.1 Å². The van der Waals surface area contributed by atoms with E-state index in [1.165, 1.54) is 5.56 Å². The van der Waals surface area contributed by atoms with Crippen molar-refractivity contribution in [3.8, 4) is 22.6 Å². The van der Waals surface area contributed by atoms with Gasteiger partial charge in [-0.3, -0.25) is 9.69 Å². The van der Waals surface area contributed by atoms with Crippen molar-refractivity contribution in [3.05, 3.63) is 166 Å². The number of pyridine rings is 1. The van der Waals surface area contributed by atoms with Crippen molar-refractivity contribution in [1.82, 2.24) is 15.2 Å². The van der Waals surface area contributed by atoms with Gasteiger partial charge in [-0.15, -0.1) is 0 Å². The SMILES string of the molecule is CC(C)(C)[Si](C)(C)O[C@@H](CNCCc1ccc(OCCC=Cc2ccc(N(C(=O)O)C3CN4CCC3CC4)c(-c3ccccc3)c2)cc1)c1ccc(OCc2ccccc2)c2[nH]c(=O)ccc12. The molecule has 3 saturated heterocycles. The third kappa shape index (κ3) is 11.8. The van der Waals surface area contributed by atoms with Crippen LogP contribution in [0.15, 0.2) is 138 Å². The molecule has 4 heterocycles. The molecule has 1 unspecified atom stereocenters. The lowest BCUT2D eigenvalue weighted by atomic mass is 9.82. The van der Waals surface area contributed by atoms with Crippen molar-refractivity contribution < 1.29 is 23.8 Å². The minimum atomic E-state index is -2.20. The summed E-state index contributed by atoms with van der Waals surface area (Å²) in [5.74, 6) is 1.84. The van der Waals surface area contributed by atoms with Crippen LogP contribution in [0.4, 0.5) is 10.5 Å². The van der Waals surface area contributed by atoms with Gasteiger partial charge in [-0.1, -0.05) is 118 Å². The van der Waals surface area contributed by atoms with Crippen molar-refractivity contribution in [3.63, 3.8) is 0 Å². The Morgan fingerprint density at radius 2 is 1.63 bits per heavy atom. The molecule has 10 nitrogen and oxygen atoms in total. The number of hydrogen-bond acceptors (Lipinski definition) is 7. The van der Waals surface area contributed by atoms with E-state index in [2.05, 4.69) is 97.6 Å². The Bertz CT molecular complexity index is 2670. The summed E-state index contributed by atoms with van der Waals surface area (Å²) in [6, 6.07) is 42.0. The van der Waals surface area contributed by atoms with Gasteiger partial charge in [0, 0.05) is 30.1 Å². The molecule has 0 radical (unpaired) electrons. The second-order valence-electron chi connectivity index (χ2n) is 19.5. The molecule has 0 spiro atoms. The molecule has 11 heteroatoms. The zero-order chi connectivity index (χ0) is 47.0. The zero-order valence-electron chi connectivity index (χ0n) is 39.7. The van der Waals surface area contributed by atoms with Gasteiger partial charge in [-0.25, -0.2) is 4.79 Å². The van der Waals surface area contributed by atoms with Crippen LogP contribution in [-0.2, 0) is 17.5 Å². The summed E-state index contributed by atoms with van der Waals surface area (Å²) in [4.78, 5) is 32.6. The van der Waals surface area contributed by atoms with Crippen molar-refractivity contribution in [2.75, 3.05) is 44.2 Å². The number of nitrogens with zero attached hydrogens (tertiary/aromatic N) is 2. The Morgan fingerprint density at radius 1 is 0.896 bits per heavy atom. The third-order valence-corrected chi connectivity index (χ3v) is 18.4. The molecule has 3 aliphatic rings. The van der Waals surface area contributed by atoms with Crippen LogP contribution in [0.1, 0.15) is 68.4 Å². The highest BCUT2D eigenvalue weighted by Crippen LogP contribution is 2.42. The monoisotopic (exact) mass is 918 g/mol. The number of amides is 1. The maximum Gasteiger partial charge on any atom is 0.412 e. The summed E-state index contributed by atoms with van der Waals surface area (Å²) in [6.45, 7) is 16.5. The van der Waals surface area contributed by atoms with Gasteiger partial charge in [-0.2, -0.15) is 0 Å². The highest BCUT2D eigenvalue weighted by molar-refractivity contribution is 6.74. The second-order valence-corrected chi connectivity index (χ2v) is 24.3. The molecule has 2 atom stereocenters. The number of benzene rings is 5. The molecular formula is C56H66N4O6Si. The molecule has 0 aliphatic carbocycles. The van der Waals surface area contributed by atoms with Gasteiger partial charge >= 0.3 is 6.09 Å². The standard InChI is InChI=1S/C56H66N4O6Si/c1-56(2,3)67(4,5)66-52(46-24-27-51(54-47(46)25-28-53(61)58-54)65-39-42-15-8-6-9-16-42)37-57-32-29-40-19-22-45(23-20-40)64-35-13-12-14-41-21-26-49(48(36-41)43-17-10-7-11-18-43)60(55(62)63)50-38-59-33-30-44(50)31-34-59/h6-12,14-28,36,44,50,52,57H,13,29-35,37-39H2,1-5H3,(H,58,61)(H,62,63)/t50?,52-/m0/s1. The second kappa shape index (κ2) is 21.3. The van der Waals surface area contributed by atoms with E-state index >= 15 is 0 Å². The number of piperidine rings is 3. The fraction of sp³-hybridized carbons (Fsp3) is 0.357. The molecule has 67 heavy (non-hydrogen) atoms. The molecule has 9 rings (SSSR count). The third-order valence-electron chi connectivity index (χ3n) is 13.9. The lowest BCUT2D eigenvalue weighted by molar-refractivity contribution is 0.0838. The van der Waals surface area contributed by atoms with Gasteiger partial charge in [0.05, 0.1) is 30.0 Å². The van der Waals surface area contributed by atoms with E-state index in [0.717, 1.165) is 96.5 Å². The first-order valence-electron chi connectivity index (χ1n) is 23.9. The van der Waals surface area contributed by atoms with E-state index in [-0.39, 0.29) is 22.7 Å². The van der Waals surface area contributed by atoms with Crippen LogP contribution in [0.2, 0.25) is 18.1 Å². The number of nitrogens with one attached hydrogen (secondary N) is 2. The molecular weight excluding hydrogens is 853 g/mol. The number of carboxylic acid groups (broad SMARTS) is 1. The Kier molecular flexibility index (Phi) is 15.1. The highest BCUT2D eigenvalue weighted by Gasteiger charge is 2.41. The van der Waals surface area contributed by atoms with Crippen molar-refractivity contribution in [2.24, 2.45) is 5.92 Å². The lowest BCUT2D eigenvalue weighted by Gasteiger charge is -2.48. The average Bonchev–Trinajstić information content (AvgIpc) is 3.33. The first kappa shape index (κ1) is 47.5. The molecule has 350 valence electrons. The first-order valence-corrected chi connectivity index (χ1v) is 26.8. The van der Waals surface area contributed by atoms with Gasteiger partial charge < -0.3 is 34.2 Å². The van der Waals surface area contributed by atoms with Gasteiger partial charge in [0.25, 0.3) is 0 Å². The number of H-pyrrole nitrogens is 1. The summed E-state index contributed by atoms with van der Waals surface area (Å²) in [5, 5.41) is 15.2. The van der Waals surface area contributed by atoms with Crippen molar-refractivity contribution in [2.45, 2.75) is 83.3 Å². The van der Waals surface area contributed by atoms with Crippen LogP contribution in [-0.4, -0.2) is 74.8 Å². The minimum absolute atomic E-state index is 0.00716. The van der Waals surface area contributed by atoms with E-state index < -0.39 is 14.4 Å². The molecule has 1 aromatic heterocycles. The maximum absolute atomic E-state index is 12.9. The number of hydrogen-bond donors (Lipinski definition) is 3. The Labute approximate surface area is 396 Å². The summed E-state index contributed by atoms with van der Waals surface area (Å²) in [6.07, 6.45) is 6.73. The summed E-state index contributed by atoms with van der Waals surface area (Å²) in [5.41, 5.74) is 7.47. The fourth-order valence-electron chi connectivity index (χ4n) is 9.18. The van der Waals surface area contributed by atoms with Crippen molar-refractivity contribution in [1.29, 1.82) is 0 Å². The number of ether oxygens (including phenoxy) is 2. The van der Waals surface area contributed by atoms with Gasteiger partial charge in [0.2, 0.25) is 5.56 Å². The van der Waals surface area contributed by atoms with E-state index in [0.29, 0.717) is 36.9 Å². The topological polar surface area (TPSA) is 116 Å². The largest absolute Gasteiger partial charge is 0.493 e. The molecule has 6 aromatic rings. The van der Waals surface area contributed by atoms with Crippen LogP contribution in [0.25, 0.3) is 28.1 Å². The van der Waals surface area contributed by atoms with E-state index in [9.17, 15) is 14.7 Å². The quantitative estimate of drug-likeness (QED) is 0.0543.